The Morgan fingerprint density at radius 3 is 2.44 bits per heavy atom. The summed E-state index contributed by atoms with van der Waals surface area (Å²) in [4.78, 5) is 20.3. The summed E-state index contributed by atoms with van der Waals surface area (Å²) in [6.07, 6.45) is 2.35. The number of aromatic nitrogens is 3. The summed E-state index contributed by atoms with van der Waals surface area (Å²) in [5, 5.41) is 1.12. The number of aliphatic imine (C=N–C) groups is 1. The molecule has 2 aromatic heterocycles. The van der Waals surface area contributed by atoms with Gasteiger partial charge in [0.2, 0.25) is 0 Å². The number of fused-ring (bicyclic) bond motifs is 2. The fourth-order valence-electron chi connectivity index (χ4n) is 6.61. The molecule has 7 nitrogen and oxygen atoms in total. The van der Waals surface area contributed by atoms with Crippen LogP contribution in [0.3, 0.4) is 0 Å². The summed E-state index contributed by atoms with van der Waals surface area (Å²) in [6.45, 7) is 11.1. The second-order valence-corrected chi connectivity index (χ2v) is 11.4. The second-order valence-electron chi connectivity index (χ2n) is 11.4. The molecule has 0 radical (unpaired) electrons. The molecule has 2 N–H and O–H groups in total. The van der Waals surface area contributed by atoms with Gasteiger partial charge in [0.15, 0.2) is 0 Å². The largest absolute Gasteiger partial charge is 0.382 e. The van der Waals surface area contributed by atoms with E-state index in [2.05, 4.69) is 82.8 Å². The Morgan fingerprint density at radius 2 is 1.67 bits per heavy atom. The van der Waals surface area contributed by atoms with Crippen molar-refractivity contribution in [2.24, 2.45) is 10.7 Å². The van der Waals surface area contributed by atoms with E-state index < -0.39 is 0 Å². The Hall–Kier alpha value is -3.55. The molecule has 1 unspecified atom stereocenters. The van der Waals surface area contributed by atoms with E-state index in [1.165, 1.54) is 44.8 Å². The fraction of sp³-hybridized carbons (Fsp3) is 0.406. The van der Waals surface area contributed by atoms with E-state index in [4.69, 9.17) is 20.7 Å². The summed E-state index contributed by atoms with van der Waals surface area (Å²) < 4.78 is 2.37. The van der Waals surface area contributed by atoms with Gasteiger partial charge in [0, 0.05) is 61.2 Å². The molecule has 200 valence electrons. The number of rotatable bonds is 5. The number of nitrogens with two attached hydrogens (primary N) is 1. The summed E-state index contributed by atoms with van der Waals surface area (Å²) in [7, 11) is 0. The summed E-state index contributed by atoms with van der Waals surface area (Å²) in [5.74, 6) is 2.24. The zero-order valence-electron chi connectivity index (χ0n) is 22.9. The zero-order valence-corrected chi connectivity index (χ0v) is 22.9. The number of pyridine rings is 1. The minimum atomic E-state index is 0.156. The number of benzene rings is 2. The molecule has 3 aliphatic rings. The van der Waals surface area contributed by atoms with E-state index in [0.29, 0.717) is 17.8 Å². The Morgan fingerprint density at radius 1 is 0.897 bits per heavy atom. The fourth-order valence-corrected chi connectivity index (χ4v) is 6.61. The van der Waals surface area contributed by atoms with E-state index in [0.717, 1.165) is 52.2 Å². The van der Waals surface area contributed by atoms with Crippen LogP contribution in [0, 0.1) is 0 Å². The lowest BCUT2D eigenvalue weighted by Crippen LogP contribution is -2.53. The third-order valence-electron chi connectivity index (χ3n) is 8.93. The van der Waals surface area contributed by atoms with Crippen molar-refractivity contribution in [3.8, 4) is 22.5 Å². The van der Waals surface area contributed by atoms with Gasteiger partial charge in [-0.1, -0.05) is 55.5 Å². The van der Waals surface area contributed by atoms with Gasteiger partial charge in [-0.15, -0.1) is 0 Å². The Bertz CT molecular complexity index is 1530. The molecule has 2 aromatic carbocycles. The molecule has 7 rings (SSSR count). The average molecular weight is 520 g/mol. The van der Waals surface area contributed by atoms with E-state index in [1.54, 1.807) is 0 Å². The van der Waals surface area contributed by atoms with Crippen LogP contribution in [-0.4, -0.2) is 75.0 Å². The van der Waals surface area contributed by atoms with Gasteiger partial charge in [-0.25, -0.2) is 9.97 Å². The molecule has 1 saturated carbocycles. The summed E-state index contributed by atoms with van der Waals surface area (Å²) in [6, 6.07) is 21.9. The van der Waals surface area contributed by atoms with Crippen molar-refractivity contribution in [1.29, 1.82) is 0 Å². The molecule has 39 heavy (non-hydrogen) atoms. The molecule has 7 heteroatoms. The second kappa shape index (κ2) is 9.88. The van der Waals surface area contributed by atoms with Crippen molar-refractivity contribution in [3.63, 3.8) is 0 Å². The summed E-state index contributed by atoms with van der Waals surface area (Å²) in [5.41, 5.74) is 12.6. The lowest BCUT2D eigenvalue weighted by molar-refractivity contribution is 0.0511. The van der Waals surface area contributed by atoms with Crippen molar-refractivity contribution >= 4 is 16.7 Å². The first-order valence-electron chi connectivity index (χ1n) is 14.4. The predicted molar refractivity (Wildman–Crippen MR) is 158 cm³/mol. The number of piperazine rings is 1. The monoisotopic (exact) mass is 519 g/mol. The van der Waals surface area contributed by atoms with Gasteiger partial charge in [-0.2, -0.15) is 0 Å². The van der Waals surface area contributed by atoms with Crippen molar-refractivity contribution in [2.75, 3.05) is 32.7 Å². The highest BCUT2D eigenvalue weighted by atomic mass is 15.3. The van der Waals surface area contributed by atoms with Crippen molar-refractivity contribution in [1.82, 2.24) is 24.3 Å². The zero-order chi connectivity index (χ0) is 26.5. The molecule has 1 atom stereocenters. The van der Waals surface area contributed by atoms with Crippen LogP contribution in [0.5, 0.6) is 0 Å². The van der Waals surface area contributed by atoms with Crippen LogP contribution >= 0.6 is 0 Å². The highest BCUT2D eigenvalue weighted by Gasteiger charge is 2.40. The molecular formula is C32H37N7. The van der Waals surface area contributed by atoms with Crippen molar-refractivity contribution < 1.29 is 0 Å². The number of imidazole rings is 1. The number of amidine groups is 1. The third-order valence-corrected chi connectivity index (χ3v) is 8.93. The molecule has 4 heterocycles. The lowest BCUT2D eigenvalue weighted by atomic mass is 9.78. The topological polar surface area (TPSA) is 75.6 Å². The van der Waals surface area contributed by atoms with Gasteiger partial charge in [-0.05, 0) is 38.4 Å². The maximum Gasteiger partial charge on any atom is 0.145 e. The summed E-state index contributed by atoms with van der Waals surface area (Å²) >= 11 is 0. The number of likely N-dealkylation sites (N-methyl/N-ethyl adjacent to an activating group) is 1. The first kappa shape index (κ1) is 24.5. The van der Waals surface area contributed by atoms with Crippen LogP contribution in [0.25, 0.3) is 33.4 Å². The van der Waals surface area contributed by atoms with Crippen LogP contribution in [0.2, 0.25) is 0 Å². The highest BCUT2D eigenvalue weighted by molar-refractivity contribution is 6.02. The normalized spacial score (nSPS) is 23.8. The molecule has 0 amide bonds. The molecule has 0 spiro atoms. The smallest absolute Gasteiger partial charge is 0.145 e. The van der Waals surface area contributed by atoms with Crippen LogP contribution in [0.15, 0.2) is 65.7 Å². The van der Waals surface area contributed by atoms with E-state index in [-0.39, 0.29) is 6.04 Å². The molecule has 4 aromatic rings. The van der Waals surface area contributed by atoms with Gasteiger partial charge in [0.25, 0.3) is 0 Å². The predicted octanol–water partition coefficient (Wildman–Crippen LogP) is 4.76. The van der Waals surface area contributed by atoms with Crippen LogP contribution in [0.4, 0.5) is 0 Å². The highest BCUT2D eigenvalue weighted by Crippen LogP contribution is 2.42. The standard InChI is InChI=1S/C32H37N7/c1-3-37-13-15-38(16-14-37)26-17-25(18-26)32-36-29(30-31(33)34-21(2)20-39(30)32)24-10-9-23-11-12-27(35-28(23)19-24)22-7-5-4-6-8-22/h4-12,19,21,25-26H,3,13-18,20H2,1-2H3,(H2,33,34). The van der Waals surface area contributed by atoms with E-state index >= 15 is 0 Å². The van der Waals surface area contributed by atoms with Crippen LogP contribution in [0.1, 0.15) is 44.1 Å². The lowest BCUT2D eigenvalue weighted by Gasteiger charge is -2.46. The first-order chi connectivity index (χ1) is 19.1. The SMILES string of the molecule is CCN1CCN(C2CC(c3nc(-c4ccc5ccc(-c6ccccc6)nc5c4)c4n3CC(C)N=C4N)C2)CC1. The molecule has 0 bridgehead atoms. The maximum atomic E-state index is 6.59. The maximum absolute atomic E-state index is 6.59. The average Bonchev–Trinajstić information content (AvgIpc) is 3.31. The van der Waals surface area contributed by atoms with Gasteiger partial charge < -0.3 is 15.2 Å². The molecular weight excluding hydrogens is 482 g/mol. The van der Waals surface area contributed by atoms with Crippen molar-refractivity contribution in [3.05, 3.63) is 72.2 Å². The molecule has 2 aliphatic heterocycles. The van der Waals surface area contributed by atoms with Gasteiger partial charge in [-0.3, -0.25) is 9.89 Å². The van der Waals surface area contributed by atoms with E-state index in [1.807, 2.05) is 6.07 Å². The number of hydrogen-bond donors (Lipinski definition) is 1. The quantitative estimate of drug-likeness (QED) is 0.412. The number of nitrogens with zero attached hydrogens (tertiary/aromatic N) is 6. The Kier molecular flexibility index (Phi) is 6.21. The first-order valence-corrected chi connectivity index (χ1v) is 14.4. The molecule has 1 saturated heterocycles. The van der Waals surface area contributed by atoms with Crippen LogP contribution < -0.4 is 5.73 Å². The third kappa shape index (κ3) is 4.43. The van der Waals surface area contributed by atoms with Crippen molar-refractivity contribution in [2.45, 2.75) is 51.2 Å². The molecule has 2 fully saturated rings. The number of hydrogen-bond acceptors (Lipinski definition) is 6. The minimum Gasteiger partial charge on any atom is -0.382 e. The molecule has 1 aliphatic carbocycles. The van der Waals surface area contributed by atoms with Crippen LogP contribution in [-0.2, 0) is 6.54 Å². The Balaban J connectivity index is 1.21. The van der Waals surface area contributed by atoms with Gasteiger partial charge in [0.05, 0.1) is 22.9 Å². The van der Waals surface area contributed by atoms with E-state index in [9.17, 15) is 0 Å². The minimum absolute atomic E-state index is 0.156. The van der Waals surface area contributed by atoms with Gasteiger partial charge in [0.1, 0.15) is 17.4 Å². The van der Waals surface area contributed by atoms with Gasteiger partial charge >= 0.3 is 0 Å². The Labute approximate surface area is 230 Å².